The van der Waals surface area contributed by atoms with Crippen molar-refractivity contribution in [3.63, 3.8) is 0 Å². The van der Waals surface area contributed by atoms with Crippen LogP contribution in [0, 0.1) is 0 Å². The third kappa shape index (κ3) is 4.43. The highest BCUT2D eigenvalue weighted by Gasteiger charge is 2.15. The van der Waals surface area contributed by atoms with Crippen LogP contribution in [0.5, 0.6) is 11.5 Å². The zero-order chi connectivity index (χ0) is 16.1. The Morgan fingerprint density at radius 1 is 1.17 bits per heavy atom. The number of hydrogen-bond donors (Lipinski definition) is 1. The molecule has 1 aliphatic heterocycles. The number of amides is 1. The van der Waals surface area contributed by atoms with Gasteiger partial charge in [-0.05, 0) is 36.4 Å². The molecule has 1 aliphatic rings. The summed E-state index contributed by atoms with van der Waals surface area (Å²) in [5.41, 5.74) is 0.800. The number of halogens is 1. The lowest BCUT2D eigenvalue weighted by atomic mass is 10.2. The van der Waals surface area contributed by atoms with E-state index in [1.165, 1.54) is 11.8 Å². The van der Waals surface area contributed by atoms with Gasteiger partial charge in [0.25, 0.3) is 0 Å². The Labute approximate surface area is 146 Å². The molecule has 0 atom stereocenters. The molecule has 116 valence electrons. The smallest absolute Gasteiger partial charge is 0.236 e. The van der Waals surface area contributed by atoms with Crippen molar-refractivity contribution >= 4 is 45.0 Å². The number of rotatable bonds is 4. The summed E-state index contributed by atoms with van der Waals surface area (Å²) in [7, 11) is 0. The molecule has 1 saturated heterocycles. The molecule has 1 heterocycles. The fraction of sp³-hybridized carbons (Fsp3) is 0.0625. The van der Waals surface area contributed by atoms with Gasteiger partial charge in [-0.25, -0.2) is 0 Å². The first-order chi connectivity index (χ1) is 11.2. The van der Waals surface area contributed by atoms with E-state index in [9.17, 15) is 4.79 Å². The van der Waals surface area contributed by atoms with Crippen LogP contribution in [0.1, 0.15) is 5.56 Å². The lowest BCUT2D eigenvalue weighted by Crippen LogP contribution is -2.19. The van der Waals surface area contributed by atoms with Crippen molar-refractivity contribution in [2.45, 2.75) is 0 Å². The number of amidine groups is 1. The zero-order valence-corrected chi connectivity index (χ0v) is 14.3. The quantitative estimate of drug-likeness (QED) is 0.638. The standard InChI is InChI=1S/C16H12BrN3O2S/c17-12-5-7-13(8-6-12)22-14-4-2-1-3-11(14)9-18-20-16-19-15(21)10-23-16/h1-9H,10H2,(H,19,20,21). The monoisotopic (exact) mass is 389 g/mol. The molecule has 0 spiro atoms. The zero-order valence-electron chi connectivity index (χ0n) is 11.9. The van der Waals surface area contributed by atoms with Crippen molar-refractivity contribution in [1.29, 1.82) is 0 Å². The summed E-state index contributed by atoms with van der Waals surface area (Å²) < 4.78 is 6.86. The van der Waals surface area contributed by atoms with Gasteiger partial charge in [-0.1, -0.05) is 39.8 Å². The molecule has 0 bridgehead atoms. The number of hydrogen-bond acceptors (Lipinski definition) is 5. The minimum absolute atomic E-state index is 0.0529. The van der Waals surface area contributed by atoms with Crippen LogP contribution in [0.4, 0.5) is 0 Å². The predicted molar refractivity (Wildman–Crippen MR) is 96.3 cm³/mol. The highest BCUT2D eigenvalue weighted by molar-refractivity contribution is 9.10. The van der Waals surface area contributed by atoms with Crippen molar-refractivity contribution in [2.24, 2.45) is 10.2 Å². The van der Waals surface area contributed by atoms with E-state index in [2.05, 4.69) is 31.4 Å². The molecule has 0 saturated carbocycles. The molecular weight excluding hydrogens is 378 g/mol. The Kier molecular flexibility index (Phi) is 5.09. The Balaban J connectivity index is 1.75. The minimum atomic E-state index is -0.0529. The Hall–Kier alpha value is -2.12. The molecule has 1 fully saturated rings. The molecule has 7 heteroatoms. The molecule has 0 aliphatic carbocycles. The molecule has 3 rings (SSSR count). The van der Waals surface area contributed by atoms with Gasteiger partial charge >= 0.3 is 0 Å². The Morgan fingerprint density at radius 3 is 2.70 bits per heavy atom. The maximum absolute atomic E-state index is 11.1. The number of carbonyl (C=O) groups is 1. The summed E-state index contributed by atoms with van der Waals surface area (Å²) in [5.74, 6) is 1.75. The van der Waals surface area contributed by atoms with Gasteiger partial charge in [-0.2, -0.15) is 5.10 Å². The van der Waals surface area contributed by atoms with E-state index in [0.29, 0.717) is 16.7 Å². The van der Waals surface area contributed by atoms with Gasteiger partial charge in [0, 0.05) is 10.0 Å². The molecule has 0 unspecified atom stereocenters. The number of carbonyl (C=O) groups excluding carboxylic acids is 1. The molecule has 0 radical (unpaired) electrons. The van der Waals surface area contributed by atoms with Gasteiger partial charge in [0.15, 0.2) is 5.17 Å². The van der Waals surface area contributed by atoms with Crippen molar-refractivity contribution in [1.82, 2.24) is 5.32 Å². The maximum Gasteiger partial charge on any atom is 0.236 e. The van der Waals surface area contributed by atoms with E-state index in [4.69, 9.17) is 4.74 Å². The lowest BCUT2D eigenvalue weighted by molar-refractivity contribution is -0.116. The first-order valence-corrected chi connectivity index (χ1v) is 8.55. The van der Waals surface area contributed by atoms with Crippen LogP contribution in [0.2, 0.25) is 0 Å². The fourth-order valence-electron chi connectivity index (χ4n) is 1.83. The lowest BCUT2D eigenvalue weighted by Gasteiger charge is -2.08. The molecule has 0 aromatic heterocycles. The van der Waals surface area contributed by atoms with Gasteiger partial charge in [0.1, 0.15) is 11.5 Å². The molecule has 2 aromatic rings. The van der Waals surface area contributed by atoms with Crippen LogP contribution in [0.15, 0.2) is 63.2 Å². The summed E-state index contributed by atoms with van der Waals surface area (Å²) in [4.78, 5) is 11.1. The highest BCUT2D eigenvalue weighted by Crippen LogP contribution is 2.25. The Bertz CT molecular complexity index is 775. The van der Waals surface area contributed by atoms with Crippen LogP contribution < -0.4 is 10.1 Å². The largest absolute Gasteiger partial charge is 0.457 e. The van der Waals surface area contributed by atoms with Gasteiger partial charge in [-0.3, -0.25) is 4.79 Å². The second kappa shape index (κ2) is 7.43. The van der Waals surface area contributed by atoms with Crippen LogP contribution in [0.3, 0.4) is 0 Å². The van der Waals surface area contributed by atoms with Crippen molar-refractivity contribution < 1.29 is 9.53 Å². The number of benzene rings is 2. The van der Waals surface area contributed by atoms with Gasteiger partial charge in [0.2, 0.25) is 5.91 Å². The third-order valence-corrected chi connectivity index (χ3v) is 4.28. The van der Waals surface area contributed by atoms with E-state index < -0.39 is 0 Å². The van der Waals surface area contributed by atoms with Crippen molar-refractivity contribution in [2.75, 3.05) is 5.75 Å². The summed E-state index contributed by atoms with van der Waals surface area (Å²) in [6, 6.07) is 15.1. The van der Waals surface area contributed by atoms with E-state index in [1.54, 1.807) is 6.21 Å². The topological polar surface area (TPSA) is 63.0 Å². The van der Waals surface area contributed by atoms with Crippen LogP contribution in [-0.4, -0.2) is 23.0 Å². The predicted octanol–water partition coefficient (Wildman–Crippen LogP) is 3.79. The number of nitrogens with zero attached hydrogens (tertiary/aromatic N) is 2. The van der Waals surface area contributed by atoms with E-state index in [1.807, 2.05) is 48.5 Å². The average molecular weight is 390 g/mol. The van der Waals surface area contributed by atoms with Crippen LogP contribution in [0.25, 0.3) is 0 Å². The van der Waals surface area contributed by atoms with E-state index >= 15 is 0 Å². The number of thioether (sulfide) groups is 1. The molecule has 1 N–H and O–H groups in total. The SMILES string of the molecule is O=C1CSC(=NN=Cc2ccccc2Oc2ccc(Br)cc2)N1. The van der Waals surface area contributed by atoms with Crippen molar-refractivity contribution in [3.05, 3.63) is 58.6 Å². The van der Waals surface area contributed by atoms with E-state index in [-0.39, 0.29) is 5.91 Å². The second-order valence-electron chi connectivity index (χ2n) is 4.58. The number of nitrogens with one attached hydrogen (secondary N) is 1. The third-order valence-electron chi connectivity index (χ3n) is 2.89. The van der Waals surface area contributed by atoms with E-state index in [0.717, 1.165) is 15.8 Å². The van der Waals surface area contributed by atoms with Crippen LogP contribution in [-0.2, 0) is 4.79 Å². The highest BCUT2D eigenvalue weighted by atomic mass is 79.9. The van der Waals surface area contributed by atoms with Gasteiger partial charge in [0.05, 0.1) is 12.0 Å². The summed E-state index contributed by atoms with van der Waals surface area (Å²) in [6.45, 7) is 0. The van der Waals surface area contributed by atoms with Gasteiger partial charge in [-0.15, -0.1) is 5.10 Å². The molecular formula is C16H12BrN3O2S. The summed E-state index contributed by atoms with van der Waals surface area (Å²) >= 11 is 4.73. The normalized spacial score (nSPS) is 16.0. The summed E-state index contributed by atoms with van der Waals surface area (Å²) in [5, 5.41) is 11.1. The average Bonchev–Trinajstić information content (AvgIpc) is 2.97. The maximum atomic E-state index is 11.1. The second-order valence-corrected chi connectivity index (χ2v) is 6.46. The minimum Gasteiger partial charge on any atom is -0.457 e. The number of ether oxygens (including phenoxy) is 1. The van der Waals surface area contributed by atoms with Crippen LogP contribution >= 0.6 is 27.7 Å². The van der Waals surface area contributed by atoms with Gasteiger partial charge < -0.3 is 10.1 Å². The molecule has 2 aromatic carbocycles. The summed E-state index contributed by atoms with van der Waals surface area (Å²) in [6.07, 6.45) is 1.60. The fourth-order valence-corrected chi connectivity index (χ4v) is 2.73. The molecule has 1 amide bonds. The molecule has 23 heavy (non-hydrogen) atoms. The Morgan fingerprint density at radius 2 is 1.96 bits per heavy atom. The first kappa shape index (κ1) is 15.8. The molecule has 5 nitrogen and oxygen atoms in total. The number of para-hydroxylation sites is 1. The first-order valence-electron chi connectivity index (χ1n) is 6.77. The van der Waals surface area contributed by atoms with Crippen molar-refractivity contribution in [3.8, 4) is 11.5 Å².